The van der Waals surface area contributed by atoms with E-state index in [1.165, 1.54) is 18.2 Å². The van der Waals surface area contributed by atoms with E-state index in [2.05, 4.69) is 35.9 Å². The molecular formula is C16H22FN3O. The fourth-order valence-corrected chi connectivity index (χ4v) is 1.63. The minimum atomic E-state index is -0.553. The lowest BCUT2D eigenvalue weighted by Crippen LogP contribution is -2.36. The van der Waals surface area contributed by atoms with Crippen molar-refractivity contribution >= 4 is 5.91 Å². The predicted octanol–water partition coefficient (Wildman–Crippen LogP) is 1.21. The van der Waals surface area contributed by atoms with Crippen LogP contribution in [0.3, 0.4) is 0 Å². The summed E-state index contributed by atoms with van der Waals surface area (Å²) in [5, 5.41) is 2.72. The molecule has 1 amide bonds. The zero-order chi connectivity index (χ0) is 15.8. The maximum absolute atomic E-state index is 13.7. The molecule has 0 spiro atoms. The van der Waals surface area contributed by atoms with E-state index in [0.717, 1.165) is 0 Å². The van der Waals surface area contributed by atoms with Crippen LogP contribution in [0.25, 0.3) is 0 Å². The highest BCUT2D eigenvalue weighted by atomic mass is 19.1. The number of nitrogens with one attached hydrogen (secondary N) is 1. The Bertz CT molecular complexity index is 546. The number of hydrogen-bond acceptors (Lipinski definition) is 3. The normalized spacial score (nSPS) is 10.4. The summed E-state index contributed by atoms with van der Waals surface area (Å²) in [6.45, 7) is 5.53. The van der Waals surface area contributed by atoms with Gasteiger partial charge in [0, 0.05) is 24.7 Å². The first kappa shape index (κ1) is 17.2. The predicted molar refractivity (Wildman–Crippen MR) is 82.4 cm³/mol. The van der Waals surface area contributed by atoms with Gasteiger partial charge in [0.25, 0.3) is 5.91 Å². The van der Waals surface area contributed by atoms with Gasteiger partial charge in [-0.1, -0.05) is 11.8 Å². The molecule has 114 valence electrons. The zero-order valence-corrected chi connectivity index (χ0v) is 12.7. The van der Waals surface area contributed by atoms with E-state index in [1.54, 1.807) is 0 Å². The number of amides is 1. The molecule has 0 aliphatic rings. The van der Waals surface area contributed by atoms with E-state index in [9.17, 15) is 9.18 Å². The summed E-state index contributed by atoms with van der Waals surface area (Å²) in [5.41, 5.74) is 5.87. The van der Waals surface area contributed by atoms with Gasteiger partial charge in [-0.2, -0.15) is 0 Å². The summed E-state index contributed by atoms with van der Waals surface area (Å²) in [6, 6.07) is 4.62. The van der Waals surface area contributed by atoms with E-state index < -0.39 is 11.7 Å². The molecule has 3 N–H and O–H groups in total. The molecule has 1 rings (SSSR count). The maximum atomic E-state index is 13.7. The smallest absolute Gasteiger partial charge is 0.254 e. The molecule has 0 aliphatic carbocycles. The third kappa shape index (κ3) is 5.54. The Balaban J connectivity index is 2.69. The van der Waals surface area contributed by atoms with Crippen molar-refractivity contribution in [1.29, 1.82) is 0 Å². The van der Waals surface area contributed by atoms with Crippen LogP contribution in [0.4, 0.5) is 4.39 Å². The van der Waals surface area contributed by atoms with Gasteiger partial charge in [0.15, 0.2) is 0 Å². The summed E-state index contributed by atoms with van der Waals surface area (Å²) < 4.78 is 13.7. The molecule has 0 heterocycles. The van der Waals surface area contributed by atoms with Crippen molar-refractivity contribution in [2.45, 2.75) is 19.9 Å². The fourth-order valence-electron chi connectivity index (χ4n) is 1.63. The van der Waals surface area contributed by atoms with Gasteiger partial charge >= 0.3 is 0 Å². The average molecular weight is 291 g/mol. The van der Waals surface area contributed by atoms with E-state index >= 15 is 0 Å². The number of hydrogen-bond donors (Lipinski definition) is 2. The summed E-state index contributed by atoms with van der Waals surface area (Å²) >= 11 is 0. The summed E-state index contributed by atoms with van der Waals surface area (Å²) in [6.07, 6.45) is 0. The minimum Gasteiger partial charge on any atom is -0.351 e. The summed E-state index contributed by atoms with van der Waals surface area (Å²) in [5.74, 6) is 4.48. The lowest BCUT2D eigenvalue weighted by Gasteiger charge is -2.20. The lowest BCUT2D eigenvalue weighted by atomic mass is 10.1. The van der Waals surface area contributed by atoms with Crippen molar-refractivity contribution in [2.24, 2.45) is 5.73 Å². The van der Waals surface area contributed by atoms with Gasteiger partial charge in [-0.25, -0.2) is 4.39 Å². The SMILES string of the molecule is CC(C)N(C)CCNC(=O)c1cc(C#CCN)ccc1F. The molecule has 21 heavy (non-hydrogen) atoms. The maximum Gasteiger partial charge on any atom is 0.254 e. The molecule has 1 aromatic rings. The van der Waals surface area contributed by atoms with Crippen molar-refractivity contribution in [3.8, 4) is 11.8 Å². The van der Waals surface area contributed by atoms with Crippen molar-refractivity contribution in [3.63, 3.8) is 0 Å². The van der Waals surface area contributed by atoms with Crippen LogP contribution in [0.15, 0.2) is 18.2 Å². The number of nitrogens with zero attached hydrogens (tertiary/aromatic N) is 1. The van der Waals surface area contributed by atoms with Gasteiger partial charge in [0.05, 0.1) is 12.1 Å². The monoisotopic (exact) mass is 291 g/mol. The fraction of sp³-hybridized carbons (Fsp3) is 0.438. The third-order valence-electron chi connectivity index (χ3n) is 3.18. The summed E-state index contributed by atoms with van der Waals surface area (Å²) in [7, 11) is 1.97. The first-order valence-corrected chi connectivity index (χ1v) is 6.92. The van der Waals surface area contributed by atoms with Gasteiger partial charge < -0.3 is 16.0 Å². The van der Waals surface area contributed by atoms with E-state index in [-0.39, 0.29) is 12.1 Å². The van der Waals surface area contributed by atoms with Crippen LogP contribution in [-0.2, 0) is 0 Å². The summed E-state index contributed by atoms with van der Waals surface area (Å²) in [4.78, 5) is 14.1. The molecule has 0 radical (unpaired) electrons. The van der Waals surface area contributed by atoms with Gasteiger partial charge in [-0.3, -0.25) is 4.79 Å². The van der Waals surface area contributed by atoms with E-state index in [1.807, 2.05) is 7.05 Å². The van der Waals surface area contributed by atoms with Gasteiger partial charge in [-0.15, -0.1) is 0 Å². The number of halogens is 1. The van der Waals surface area contributed by atoms with Crippen LogP contribution >= 0.6 is 0 Å². The quantitative estimate of drug-likeness (QED) is 0.802. The molecule has 1 aromatic carbocycles. The Morgan fingerprint density at radius 2 is 2.19 bits per heavy atom. The van der Waals surface area contributed by atoms with Crippen LogP contribution in [0.1, 0.15) is 29.8 Å². The third-order valence-corrected chi connectivity index (χ3v) is 3.18. The second-order valence-corrected chi connectivity index (χ2v) is 5.03. The molecule has 0 fully saturated rings. The van der Waals surface area contributed by atoms with Crippen molar-refractivity contribution in [3.05, 3.63) is 35.1 Å². The molecule has 4 nitrogen and oxygen atoms in total. The van der Waals surface area contributed by atoms with Crippen LogP contribution in [-0.4, -0.2) is 43.5 Å². The van der Waals surface area contributed by atoms with Crippen LogP contribution in [0.2, 0.25) is 0 Å². The number of likely N-dealkylation sites (N-methyl/N-ethyl adjacent to an activating group) is 1. The Morgan fingerprint density at radius 3 is 2.81 bits per heavy atom. The second kappa shape index (κ2) is 8.40. The number of carbonyl (C=O) groups excluding carboxylic acids is 1. The topological polar surface area (TPSA) is 58.4 Å². The Kier molecular flexibility index (Phi) is 6.86. The lowest BCUT2D eigenvalue weighted by molar-refractivity contribution is 0.0944. The molecule has 0 aliphatic heterocycles. The standard InChI is InChI=1S/C16H22FN3O/c1-12(2)20(3)10-9-19-16(21)14-11-13(5-4-8-18)6-7-15(14)17/h6-7,11-12H,8-10,18H2,1-3H3,(H,19,21). The molecule has 0 saturated heterocycles. The van der Waals surface area contributed by atoms with Crippen molar-refractivity contribution in [2.75, 3.05) is 26.7 Å². The first-order valence-electron chi connectivity index (χ1n) is 6.92. The molecule has 0 saturated carbocycles. The van der Waals surface area contributed by atoms with E-state index in [4.69, 9.17) is 5.73 Å². The largest absolute Gasteiger partial charge is 0.351 e. The molecule has 0 bridgehead atoms. The van der Waals surface area contributed by atoms with Crippen LogP contribution in [0, 0.1) is 17.7 Å². The highest BCUT2D eigenvalue weighted by molar-refractivity contribution is 5.94. The molecule has 0 aromatic heterocycles. The number of carbonyl (C=O) groups is 1. The second-order valence-electron chi connectivity index (χ2n) is 5.03. The zero-order valence-electron chi connectivity index (χ0n) is 12.7. The first-order chi connectivity index (χ1) is 9.95. The van der Waals surface area contributed by atoms with Gasteiger partial charge in [0.2, 0.25) is 0 Å². The molecule has 0 unspecified atom stereocenters. The molecule has 0 atom stereocenters. The number of benzene rings is 1. The Labute approximate surface area is 125 Å². The Hall–Kier alpha value is -1.90. The highest BCUT2D eigenvalue weighted by Crippen LogP contribution is 2.10. The van der Waals surface area contributed by atoms with Crippen molar-refractivity contribution < 1.29 is 9.18 Å². The highest BCUT2D eigenvalue weighted by Gasteiger charge is 2.12. The number of rotatable bonds is 5. The van der Waals surface area contributed by atoms with E-state index in [0.29, 0.717) is 24.7 Å². The minimum absolute atomic E-state index is 0.00558. The molecular weight excluding hydrogens is 269 g/mol. The van der Waals surface area contributed by atoms with Crippen LogP contribution in [0.5, 0.6) is 0 Å². The van der Waals surface area contributed by atoms with Crippen molar-refractivity contribution in [1.82, 2.24) is 10.2 Å². The Morgan fingerprint density at radius 1 is 1.48 bits per heavy atom. The van der Waals surface area contributed by atoms with Gasteiger partial charge in [-0.05, 0) is 39.1 Å². The number of nitrogens with two attached hydrogens (primary N) is 1. The van der Waals surface area contributed by atoms with Crippen LogP contribution < -0.4 is 11.1 Å². The van der Waals surface area contributed by atoms with Gasteiger partial charge in [0.1, 0.15) is 5.82 Å². The average Bonchev–Trinajstić information content (AvgIpc) is 2.45. The molecule has 5 heteroatoms.